The first-order valence-electron chi connectivity index (χ1n) is 7.67. The number of piperidine rings is 1. The highest BCUT2D eigenvalue weighted by Crippen LogP contribution is 2.21. The van der Waals surface area contributed by atoms with Crippen molar-refractivity contribution in [3.63, 3.8) is 0 Å². The van der Waals surface area contributed by atoms with E-state index in [0.717, 1.165) is 11.3 Å². The molecule has 1 aliphatic heterocycles. The Morgan fingerprint density at radius 3 is 2.92 bits per heavy atom. The number of likely N-dealkylation sites (tertiary alicyclic amines) is 1. The van der Waals surface area contributed by atoms with Gasteiger partial charge in [-0.15, -0.1) is 5.10 Å². The van der Waals surface area contributed by atoms with Crippen molar-refractivity contribution in [2.75, 3.05) is 18.4 Å². The molecule has 1 saturated heterocycles. The van der Waals surface area contributed by atoms with Crippen molar-refractivity contribution in [3.8, 4) is 5.69 Å². The number of nitrogens with zero attached hydrogens (tertiary/aromatic N) is 5. The van der Waals surface area contributed by atoms with Crippen molar-refractivity contribution in [1.82, 2.24) is 25.1 Å². The number of nitrogens with one attached hydrogen (secondary N) is 1. The SMILES string of the molecule is Cc1ccc(NC(=O)N2CCCC(C(=O)O)C2)cc1-n1cnnn1. The number of carboxylic acid groups (broad SMARTS) is 1. The Hall–Kier alpha value is -2.97. The molecule has 1 atom stereocenters. The standard InChI is InChI=1S/C15H18N6O3/c1-10-4-5-12(7-13(10)21-9-16-18-19-21)17-15(24)20-6-2-3-11(8-20)14(22)23/h4-5,7,9,11H,2-3,6,8H2,1H3,(H,17,24)(H,22,23). The Morgan fingerprint density at radius 1 is 1.38 bits per heavy atom. The zero-order chi connectivity index (χ0) is 17.1. The number of rotatable bonds is 3. The fraction of sp³-hybridized carbons (Fsp3) is 0.400. The number of anilines is 1. The van der Waals surface area contributed by atoms with E-state index in [1.807, 2.05) is 13.0 Å². The van der Waals surface area contributed by atoms with Gasteiger partial charge in [-0.1, -0.05) is 6.07 Å². The summed E-state index contributed by atoms with van der Waals surface area (Å²) >= 11 is 0. The van der Waals surface area contributed by atoms with Crippen molar-refractivity contribution in [3.05, 3.63) is 30.1 Å². The third-order valence-corrected chi connectivity index (χ3v) is 4.11. The quantitative estimate of drug-likeness (QED) is 0.877. The van der Waals surface area contributed by atoms with E-state index in [1.165, 1.54) is 11.0 Å². The number of benzene rings is 1. The molecule has 9 nitrogen and oxygen atoms in total. The van der Waals surface area contributed by atoms with Crippen LogP contribution in [0, 0.1) is 12.8 Å². The van der Waals surface area contributed by atoms with Gasteiger partial charge in [-0.05, 0) is 47.9 Å². The van der Waals surface area contributed by atoms with Crippen LogP contribution in [0.15, 0.2) is 24.5 Å². The van der Waals surface area contributed by atoms with E-state index in [0.29, 0.717) is 25.1 Å². The molecular formula is C15H18N6O3. The van der Waals surface area contributed by atoms with Crippen molar-refractivity contribution in [2.24, 2.45) is 5.92 Å². The van der Waals surface area contributed by atoms with E-state index in [9.17, 15) is 9.59 Å². The first-order chi connectivity index (χ1) is 11.5. The summed E-state index contributed by atoms with van der Waals surface area (Å²) in [5.41, 5.74) is 2.33. The highest BCUT2D eigenvalue weighted by Gasteiger charge is 2.28. The van der Waals surface area contributed by atoms with E-state index in [4.69, 9.17) is 5.11 Å². The normalized spacial score (nSPS) is 17.5. The number of aliphatic carboxylic acids is 1. The van der Waals surface area contributed by atoms with Crippen LogP contribution < -0.4 is 5.32 Å². The minimum atomic E-state index is -0.858. The largest absolute Gasteiger partial charge is 0.481 e. The number of aryl methyl sites for hydroxylation is 1. The number of aromatic nitrogens is 4. The smallest absolute Gasteiger partial charge is 0.321 e. The number of carboxylic acids is 1. The summed E-state index contributed by atoms with van der Waals surface area (Å²) in [4.78, 5) is 25.0. The maximum absolute atomic E-state index is 12.4. The Bertz CT molecular complexity index is 746. The van der Waals surface area contributed by atoms with Gasteiger partial charge in [0.2, 0.25) is 0 Å². The predicted octanol–water partition coefficient (Wildman–Crippen LogP) is 1.30. The molecule has 0 saturated carbocycles. The van der Waals surface area contributed by atoms with Crippen LogP contribution in [0.1, 0.15) is 18.4 Å². The van der Waals surface area contributed by atoms with Crippen LogP contribution in [-0.2, 0) is 4.79 Å². The molecule has 2 amide bonds. The molecule has 1 fully saturated rings. The monoisotopic (exact) mass is 330 g/mol. The van der Waals surface area contributed by atoms with Gasteiger partial charge < -0.3 is 15.3 Å². The average molecular weight is 330 g/mol. The summed E-state index contributed by atoms with van der Waals surface area (Å²) in [5, 5.41) is 23.0. The van der Waals surface area contributed by atoms with E-state index in [-0.39, 0.29) is 12.6 Å². The van der Waals surface area contributed by atoms with Gasteiger partial charge in [0.25, 0.3) is 0 Å². The molecule has 0 bridgehead atoms. The third-order valence-electron chi connectivity index (χ3n) is 4.11. The van der Waals surface area contributed by atoms with Crippen molar-refractivity contribution < 1.29 is 14.7 Å². The number of hydrogen-bond donors (Lipinski definition) is 2. The Morgan fingerprint density at radius 2 is 2.21 bits per heavy atom. The first-order valence-corrected chi connectivity index (χ1v) is 7.67. The summed E-state index contributed by atoms with van der Waals surface area (Å²) < 4.78 is 1.52. The molecule has 3 rings (SSSR count). The van der Waals surface area contributed by atoms with Gasteiger partial charge in [0, 0.05) is 18.8 Å². The highest BCUT2D eigenvalue weighted by atomic mass is 16.4. The van der Waals surface area contributed by atoms with Gasteiger partial charge in [-0.25, -0.2) is 9.48 Å². The molecule has 0 spiro atoms. The van der Waals surface area contributed by atoms with E-state index >= 15 is 0 Å². The number of carbonyl (C=O) groups is 2. The molecule has 1 aromatic carbocycles. The number of carbonyl (C=O) groups excluding carboxylic acids is 1. The van der Waals surface area contributed by atoms with Crippen LogP contribution in [0.3, 0.4) is 0 Å². The summed E-state index contributed by atoms with van der Waals surface area (Å²) in [6, 6.07) is 5.14. The van der Waals surface area contributed by atoms with Crippen LogP contribution in [0.2, 0.25) is 0 Å². The number of hydrogen-bond acceptors (Lipinski definition) is 5. The lowest BCUT2D eigenvalue weighted by Gasteiger charge is -2.30. The molecule has 0 radical (unpaired) electrons. The Labute approximate surface area is 138 Å². The molecule has 1 unspecified atom stereocenters. The molecule has 126 valence electrons. The molecule has 0 aliphatic carbocycles. The maximum Gasteiger partial charge on any atom is 0.321 e. The van der Waals surface area contributed by atoms with Crippen LogP contribution >= 0.6 is 0 Å². The molecule has 1 aromatic heterocycles. The number of amides is 2. The topological polar surface area (TPSA) is 113 Å². The maximum atomic E-state index is 12.4. The number of tetrazole rings is 1. The van der Waals surface area contributed by atoms with E-state index in [1.54, 1.807) is 17.0 Å². The van der Waals surface area contributed by atoms with Crippen molar-refractivity contribution >= 4 is 17.7 Å². The van der Waals surface area contributed by atoms with Crippen LogP contribution in [0.5, 0.6) is 0 Å². The zero-order valence-electron chi connectivity index (χ0n) is 13.2. The van der Waals surface area contributed by atoms with Gasteiger partial charge >= 0.3 is 12.0 Å². The summed E-state index contributed by atoms with van der Waals surface area (Å²) in [7, 11) is 0. The molecule has 2 heterocycles. The van der Waals surface area contributed by atoms with Crippen LogP contribution in [0.4, 0.5) is 10.5 Å². The number of urea groups is 1. The third kappa shape index (κ3) is 3.34. The minimum Gasteiger partial charge on any atom is -0.481 e. The lowest BCUT2D eigenvalue weighted by atomic mass is 9.99. The van der Waals surface area contributed by atoms with Crippen molar-refractivity contribution in [2.45, 2.75) is 19.8 Å². The zero-order valence-corrected chi connectivity index (χ0v) is 13.2. The van der Waals surface area contributed by atoms with Crippen molar-refractivity contribution in [1.29, 1.82) is 0 Å². The van der Waals surface area contributed by atoms with Crippen LogP contribution in [-0.4, -0.2) is 55.3 Å². The van der Waals surface area contributed by atoms with Gasteiger partial charge in [0.15, 0.2) is 0 Å². The summed E-state index contributed by atoms with van der Waals surface area (Å²) in [6.07, 6.45) is 2.78. The summed E-state index contributed by atoms with van der Waals surface area (Å²) in [6.45, 7) is 2.71. The second-order valence-electron chi connectivity index (χ2n) is 5.81. The van der Waals surface area contributed by atoms with Gasteiger partial charge in [-0.3, -0.25) is 4.79 Å². The fourth-order valence-electron chi connectivity index (χ4n) is 2.77. The highest BCUT2D eigenvalue weighted by molar-refractivity contribution is 5.90. The van der Waals surface area contributed by atoms with E-state index < -0.39 is 11.9 Å². The average Bonchev–Trinajstić information content (AvgIpc) is 3.11. The van der Waals surface area contributed by atoms with Gasteiger partial charge in [-0.2, -0.15) is 0 Å². The first kappa shape index (κ1) is 15.9. The molecule has 1 aliphatic rings. The second kappa shape index (κ2) is 6.65. The Balaban J connectivity index is 1.73. The molecule has 9 heteroatoms. The Kier molecular flexibility index (Phi) is 4.41. The van der Waals surface area contributed by atoms with E-state index in [2.05, 4.69) is 20.8 Å². The molecule has 24 heavy (non-hydrogen) atoms. The summed E-state index contributed by atoms with van der Waals surface area (Å²) in [5.74, 6) is -1.36. The second-order valence-corrected chi connectivity index (χ2v) is 5.81. The van der Waals surface area contributed by atoms with Gasteiger partial charge in [0.1, 0.15) is 6.33 Å². The lowest BCUT2D eigenvalue weighted by molar-refractivity contribution is -0.143. The fourth-order valence-corrected chi connectivity index (χ4v) is 2.77. The predicted molar refractivity (Wildman–Crippen MR) is 84.8 cm³/mol. The molecule has 2 aromatic rings. The minimum absolute atomic E-state index is 0.229. The molecular weight excluding hydrogens is 312 g/mol. The van der Waals surface area contributed by atoms with Crippen LogP contribution in [0.25, 0.3) is 5.69 Å². The molecule has 2 N–H and O–H groups in total. The lowest BCUT2D eigenvalue weighted by Crippen LogP contribution is -2.44. The van der Waals surface area contributed by atoms with Gasteiger partial charge in [0.05, 0.1) is 11.6 Å².